The van der Waals surface area contributed by atoms with Crippen LogP contribution >= 0.6 is 11.6 Å². The third-order valence-electron chi connectivity index (χ3n) is 5.66. The van der Waals surface area contributed by atoms with Gasteiger partial charge >= 0.3 is 0 Å². The molecule has 0 aromatic heterocycles. The van der Waals surface area contributed by atoms with Crippen LogP contribution in [0.5, 0.6) is 11.5 Å². The molecule has 7 heteroatoms. The summed E-state index contributed by atoms with van der Waals surface area (Å²) in [5.41, 5.74) is 1.83. The van der Waals surface area contributed by atoms with Gasteiger partial charge < -0.3 is 19.7 Å². The Hall–Kier alpha value is -3.51. The summed E-state index contributed by atoms with van der Waals surface area (Å²) >= 11 is 6.21. The third-order valence-corrected chi connectivity index (χ3v) is 5.97. The number of carbonyl (C=O) groups is 2. The van der Waals surface area contributed by atoms with Crippen LogP contribution in [0.25, 0.3) is 0 Å². The minimum atomic E-state index is -0.726. The average molecular weight is 509 g/mol. The molecule has 0 heterocycles. The van der Waals surface area contributed by atoms with Crippen LogP contribution in [-0.4, -0.2) is 43.0 Å². The van der Waals surface area contributed by atoms with E-state index in [1.54, 1.807) is 36.3 Å². The minimum Gasteiger partial charge on any atom is -0.497 e. The Morgan fingerprint density at radius 1 is 0.917 bits per heavy atom. The van der Waals surface area contributed by atoms with Gasteiger partial charge in [0.25, 0.3) is 5.91 Å². The lowest BCUT2D eigenvalue weighted by Gasteiger charge is -2.31. The first-order valence-electron chi connectivity index (χ1n) is 12.0. The first kappa shape index (κ1) is 27.1. The Morgan fingerprint density at radius 3 is 2.22 bits per heavy atom. The highest BCUT2D eigenvalue weighted by atomic mass is 35.5. The number of methoxy groups -OCH3 is 1. The number of rotatable bonds is 12. The number of nitrogens with zero attached hydrogens (tertiary/aromatic N) is 1. The van der Waals surface area contributed by atoms with Gasteiger partial charge in [-0.15, -0.1) is 0 Å². The molecule has 6 nitrogen and oxygen atoms in total. The lowest BCUT2D eigenvalue weighted by molar-refractivity contribution is -0.142. The van der Waals surface area contributed by atoms with Crippen LogP contribution in [0.15, 0.2) is 78.9 Å². The molecule has 0 radical (unpaired) electrons. The van der Waals surface area contributed by atoms with Crippen molar-refractivity contribution in [2.75, 3.05) is 20.3 Å². The van der Waals surface area contributed by atoms with Gasteiger partial charge in [-0.25, -0.2) is 0 Å². The number of amides is 2. The zero-order valence-corrected chi connectivity index (χ0v) is 21.7. The topological polar surface area (TPSA) is 67.9 Å². The second-order valence-corrected chi connectivity index (χ2v) is 9.34. The maximum atomic E-state index is 13.6. The van der Waals surface area contributed by atoms with Crippen molar-refractivity contribution >= 4 is 23.4 Å². The molecule has 3 aromatic carbocycles. The van der Waals surface area contributed by atoms with Gasteiger partial charge in [-0.3, -0.25) is 9.59 Å². The number of hydrogen-bond acceptors (Lipinski definition) is 4. The van der Waals surface area contributed by atoms with Crippen molar-refractivity contribution in [3.63, 3.8) is 0 Å². The van der Waals surface area contributed by atoms with Crippen molar-refractivity contribution in [1.82, 2.24) is 10.2 Å². The second-order valence-electron chi connectivity index (χ2n) is 8.93. The summed E-state index contributed by atoms with van der Waals surface area (Å²) in [4.78, 5) is 28.6. The van der Waals surface area contributed by atoms with Gasteiger partial charge in [-0.1, -0.05) is 80.0 Å². The fourth-order valence-electron chi connectivity index (χ4n) is 3.69. The van der Waals surface area contributed by atoms with E-state index in [-0.39, 0.29) is 30.9 Å². The zero-order chi connectivity index (χ0) is 25.9. The van der Waals surface area contributed by atoms with Gasteiger partial charge in [0, 0.05) is 19.5 Å². The first-order chi connectivity index (χ1) is 17.4. The maximum absolute atomic E-state index is 13.6. The van der Waals surface area contributed by atoms with E-state index >= 15 is 0 Å². The maximum Gasteiger partial charge on any atom is 0.261 e. The molecule has 0 aliphatic rings. The fraction of sp³-hybridized carbons (Fsp3) is 0.310. The van der Waals surface area contributed by atoms with Crippen LogP contribution in [0.3, 0.4) is 0 Å². The fourth-order valence-corrected chi connectivity index (χ4v) is 3.88. The molecule has 190 valence electrons. The summed E-state index contributed by atoms with van der Waals surface area (Å²) in [5.74, 6) is 0.897. The highest BCUT2D eigenvalue weighted by Gasteiger charge is 2.30. The summed E-state index contributed by atoms with van der Waals surface area (Å²) in [6.45, 7) is 4.57. The summed E-state index contributed by atoms with van der Waals surface area (Å²) in [7, 11) is 1.60. The quantitative estimate of drug-likeness (QED) is 0.368. The van der Waals surface area contributed by atoms with E-state index < -0.39 is 6.04 Å². The lowest BCUT2D eigenvalue weighted by Crippen LogP contribution is -2.52. The van der Waals surface area contributed by atoms with Crippen molar-refractivity contribution in [1.29, 1.82) is 0 Å². The Morgan fingerprint density at radius 2 is 1.58 bits per heavy atom. The molecule has 0 spiro atoms. The zero-order valence-electron chi connectivity index (χ0n) is 20.9. The number of benzene rings is 3. The predicted molar refractivity (Wildman–Crippen MR) is 142 cm³/mol. The number of nitrogens with one attached hydrogen (secondary N) is 1. The smallest absolute Gasteiger partial charge is 0.261 e. The van der Waals surface area contributed by atoms with E-state index in [1.165, 1.54) is 0 Å². The van der Waals surface area contributed by atoms with Crippen molar-refractivity contribution in [3.05, 3.63) is 95.0 Å². The molecule has 0 aliphatic heterocycles. The molecule has 0 saturated carbocycles. The molecule has 36 heavy (non-hydrogen) atoms. The molecule has 0 unspecified atom stereocenters. The van der Waals surface area contributed by atoms with Gasteiger partial charge in [0.05, 0.1) is 12.1 Å². The van der Waals surface area contributed by atoms with E-state index in [2.05, 4.69) is 5.32 Å². The molecule has 0 fully saturated rings. The van der Waals surface area contributed by atoms with Crippen molar-refractivity contribution in [2.24, 2.45) is 5.92 Å². The molecule has 1 atom stereocenters. The van der Waals surface area contributed by atoms with E-state index in [0.29, 0.717) is 29.5 Å². The Balaban J connectivity index is 1.90. The standard InChI is InChI=1S/C29H33ClN2O4/c1-21(2)18-31-29(34)26(17-22-9-5-4-6-10-22)32(19-23-13-15-24(35-3)16-14-23)28(33)20-36-27-12-8-7-11-25(27)30/h4-16,21,26H,17-20H2,1-3H3,(H,31,34)/t26-/m1/s1. The van der Waals surface area contributed by atoms with Crippen LogP contribution in [-0.2, 0) is 22.6 Å². The molecule has 0 aliphatic carbocycles. The third kappa shape index (κ3) is 8.02. The molecular formula is C29H33ClN2O4. The van der Waals surface area contributed by atoms with Gasteiger partial charge in [-0.2, -0.15) is 0 Å². The average Bonchev–Trinajstić information content (AvgIpc) is 2.89. The summed E-state index contributed by atoms with van der Waals surface area (Å²) in [6, 6.07) is 23.4. The van der Waals surface area contributed by atoms with Crippen molar-refractivity contribution in [2.45, 2.75) is 32.9 Å². The summed E-state index contributed by atoms with van der Waals surface area (Å²) in [6.07, 6.45) is 0.374. The van der Waals surface area contributed by atoms with Crippen LogP contribution in [0.1, 0.15) is 25.0 Å². The molecule has 3 rings (SSSR count). The Kier molecular flexibility index (Phi) is 10.2. The van der Waals surface area contributed by atoms with E-state index in [0.717, 1.165) is 11.1 Å². The minimum absolute atomic E-state index is 0.202. The number of para-hydroxylation sites is 1. The van der Waals surface area contributed by atoms with Crippen LogP contribution in [0.4, 0.5) is 0 Å². The van der Waals surface area contributed by atoms with E-state index in [4.69, 9.17) is 21.1 Å². The number of hydrogen-bond donors (Lipinski definition) is 1. The van der Waals surface area contributed by atoms with Gasteiger partial charge in [0.2, 0.25) is 5.91 Å². The Labute approximate surface area is 218 Å². The highest BCUT2D eigenvalue weighted by Crippen LogP contribution is 2.24. The molecule has 2 amide bonds. The second kappa shape index (κ2) is 13.5. The van der Waals surface area contributed by atoms with Crippen LogP contribution < -0.4 is 14.8 Å². The van der Waals surface area contributed by atoms with Gasteiger partial charge in [-0.05, 0) is 41.3 Å². The largest absolute Gasteiger partial charge is 0.497 e. The molecule has 3 aromatic rings. The summed E-state index contributed by atoms with van der Waals surface area (Å²) in [5, 5.41) is 3.43. The normalized spacial score (nSPS) is 11.6. The summed E-state index contributed by atoms with van der Waals surface area (Å²) < 4.78 is 11.0. The molecule has 0 bridgehead atoms. The first-order valence-corrected chi connectivity index (χ1v) is 12.4. The van der Waals surface area contributed by atoms with Crippen LogP contribution in [0, 0.1) is 5.92 Å². The van der Waals surface area contributed by atoms with Crippen molar-refractivity contribution < 1.29 is 19.1 Å². The van der Waals surface area contributed by atoms with E-state index in [9.17, 15) is 9.59 Å². The van der Waals surface area contributed by atoms with E-state index in [1.807, 2.05) is 68.4 Å². The highest BCUT2D eigenvalue weighted by molar-refractivity contribution is 6.32. The monoisotopic (exact) mass is 508 g/mol. The molecule has 1 N–H and O–H groups in total. The van der Waals surface area contributed by atoms with Gasteiger partial charge in [0.15, 0.2) is 6.61 Å². The lowest BCUT2D eigenvalue weighted by atomic mass is 10.0. The number of halogens is 1. The van der Waals surface area contributed by atoms with Crippen LogP contribution in [0.2, 0.25) is 5.02 Å². The SMILES string of the molecule is COc1ccc(CN(C(=O)COc2ccccc2Cl)[C@H](Cc2ccccc2)C(=O)NCC(C)C)cc1. The predicted octanol–water partition coefficient (Wildman–Crippen LogP) is 5.14. The number of carbonyl (C=O) groups excluding carboxylic acids is 2. The van der Waals surface area contributed by atoms with Gasteiger partial charge in [0.1, 0.15) is 17.5 Å². The number of ether oxygens (including phenoxy) is 2. The molecular weight excluding hydrogens is 476 g/mol. The molecule has 0 saturated heterocycles. The Bertz CT molecular complexity index is 1120. The van der Waals surface area contributed by atoms with Crippen molar-refractivity contribution in [3.8, 4) is 11.5 Å².